The van der Waals surface area contributed by atoms with Crippen molar-refractivity contribution >= 4 is 34.1 Å². The first-order chi connectivity index (χ1) is 12.8. The van der Waals surface area contributed by atoms with Gasteiger partial charge in [0.2, 0.25) is 0 Å². The number of aromatic nitrogens is 2. The standard InChI is InChI=1S/C20H14N4OS/c1-25-16-8-4-14(5-9-16)17-10-11-18(20-19(17)23-26-24-20)22-15-6-2-13(12-21)3-7-15/h2-11,22H,1H3. The number of nitriles is 1. The van der Waals surface area contributed by atoms with Crippen LogP contribution in [0.15, 0.2) is 60.7 Å². The Kier molecular flexibility index (Phi) is 4.22. The maximum absolute atomic E-state index is 8.91. The SMILES string of the molecule is COc1ccc(-c2ccc(Nc3ccc(C#N)cc3)c3nsnc23)cc1. The number of rotatable bonds is 4. The van der Waals surface area contributed by atoms with Crippen molar-refractivity contribution in [2.75, 3.05) is 12.4 Å². The third-order valence-corrected chi connectivity index (χ3v) is 4.64. The molecule has 0 spiro atoms. The van der Waals surface area contributed by atoms with Gasteiger partial charge in [0.1, 0.15) is 16.8 Å². The van der Waals surface area contributed by atoms with Gasteiger partial charge in [-0.2, -0.15) is 14.0 Å². The minimum Gasteiger partial charge on any atom is -0.497 e. The zero-order valence-corrected chi connectivity index (χ0v) is 14.7. The maximum Gasteiger partial charge on any atom is 0.128 e. The van der Waals surface area contributed by atoms with Crippen molar-refractivity contribution in [2.45, 2.75) is 0 Å². The van der Waals surface area contributed by atoms with Crippen LogP contribution in [0.4, 0.5) is 11.4 Å². The molecule has 4 rings (SSSR count). The van der Waals surface area contributed by atoms with E-state index in [1.165, 1.54) is 11.7 Å². The average molecular weight is 358 g/mol. The quantitative estimate of drug-likeness (QED) is 0.557. The molecule has 0 aliphatic carbocycles. The predicted octanol–water partition coefficient (Wildman–Crippen LogP) is 4.98. The molecule has 0 saturated heterocycles. The highest BCUT2D eigenvalue weighted by atomic mass is 32.1. The van der Waals surface area contributed by atoms with Crippen LogP contribution in [0, 0.1) is 11.3 Å². The molecular formula is C20H14N4OS. The van der Waals surface area contributed by atoms with E-state index in [1.807, 2.05) is 48.5 Å². The number of fused-ring (bicyclic) bond motifs is 1. The molecule has 1 N–H and O–H groups in total. The summed E-state index contributed by atoms with van der Waals surface area (Å²) in [6.45, 7) is 0. The van der Waals surface area contributed by atoms with Crippen LogP contribution in [0.5, 0.6) is 5.75 Å². The van der Waals surface area contributed by atoms with Gasteiger partial charge in [-0.3, -0.25) is 0 Å². The van der Waals surface area contributed by atoms with Crippen LogP contribution in [0.2, 0.25) is 0 Å². The van der Waals surface area contributed by atoms with Crippen molar-refractivity contribution < 1.29 is 4.74 Å². The number of nitrogens with one attached hydrogen (secondary N) is 1. The van der Waals surface area contributed by atoms with Gasteiger partial charge in [-0.05, 0) is 54.1 Å². The summed E-state index contributed by atoms with van der Waals surface area (Å²) in [6.07, 6.45) is 0. The van der Waals surface area contributed by atoms with Crippen LogP contribution in [0.25, 0.3) is 22.2 Å². The monoisotopic (exact) mass is 358 g/mol. The lowest BCUT2D eigenvalue weighted by Crippen LogP contribution is -1.93. The molecule has 0 aliphatic heterocycles. The first-order valence-corrected chi connectivity index (χ1v) is 8.68. The maximum atomic E-state index is 8.91. The number of methoxy groups -OCH3 is 1. The minimum absolute atomic E-state index is 0.630. The summed E-state index contributed by atoms with van der Waals surface area (Å²) in [5.74, 6) is 0.820. The molecule has 6 heteroatoms. The van der Waals surface area contributed by atoms with E-state index in [0.717, 1.165) is 39.3 Å². The topological polar surface area (TPSA) is 70.8 Å². The molecule has 0 radical (unpaired) electrons. The van der Waals surface area contributed by atoms with Crippen LogP contribution in [-0.4, -0.2) is 15.9 Å². The van der Waals surface area contributed by atoms with Crippen LogP contribution in [-0.2, 0) is 0 Å². The molecule has 126 valence electrons. The molecular weight excluding hydrogens is 344 g/mol. The van der Waals surface area contributed by atoms with Crippen LogP contribution < -0.4 is 10.1 Å². The lowest BCUT2D eigenvalue weighted by atomic mass is 10.0. The molecule has 26 heavy (non-hydrogen) atoms. The fraction of sp³-hybridized carbons (Fsp3) is 0.0500. The van der Waals surface area contributed by atoms with Crippen LogP contribution in [0.1, 0.15) is 5.56 Å². The van der Waals surface area contributed by atoms with Gasteiger partial charge in [0.25, 0.3) is 0 Å². The third-order valence-electron chi connectivity index (χ3n) is 4.11. The molecule has 0 fully saturated rings. The lowest BCUT2D eigenvalue weighted by molar-refractivity contribution is 0.415. The van der Waals surface area contributed by atoms with E-state index in [4.69, 9.17) is 10.00 Å². The smallest absolute Gasteiger partial charge is 0.128 e. The minimum atomic E-state index is 0.630. The number of hydrogen-bond donors (Lipinski definition) is 1. The summed E-state index contributed by atoms with van der Waals surface area (Å²) in [5, 5.41) is 12.3. The Bertz CT molecular complexity index is 1100. The number of benzene rings is 3. The highest BCUT2D eigenvalue weighted by molar-refractivity contribution is 7.00. The second kappa shape index (κ2) is 6.82. The van der Waals surface area contributed by atoms with E-state index < -0.39 is 0 Å². The fourth-order valence-electron chi connectivity index (χ4n) is 2.75. The van der Waals surface area contributed by atoms with Crippen molar-refractivity contribution in [1.29, 1.82) is 5.26 Å². The molecule has 0 bridgehead atoms. The van der Waals surface area contributed by atoms with Crippen molar-refractivity contribution in [2.24, 2.45) is 0 Å². The number of ether oxygens (including phenoxy) is 1. The van der Waals surface area contributed by atoms with Gasteiger partial charge >= 0.3 is 0 Å². The number of hydrogen-bond acceptors (Lipinski definition) is 6. The predicted molar refractivity (Wildman–Crippen MR) is 104 cm³/mol. The summed E-state index contributed by atoms with van der Waals surface area (Å²) >= 11 is 1.19. The molecule has 5 nitrogen and oxygen atoms in total. The Hall–Kier alpha value is -3.43. The molecule has 0 aliphatic rings. The normalized spacial score (nSPS) is 10.5. The Morgan fingerprint density at radius 3 is 2.35 bits per heavy atom. The molecule has 0 saturated carbocycles. The first kappa shape index (κ1) is 16.1. The molecule has 0 amide bonds. The average Bonchev–Trinajstić information content (AvgIpc) is 3.19. The Morgan fingerprint density at radius 1 is 0.923 bits per heavy atom. The fourth-order valence-corrected chi connectivity index (χ4v) is 3.33. The van der Waals surface area contributed by atoms with Crippen molar-refractivity contribution in [3.63, 3.8) is 0 Å². The van der Waals surface area contributed by atoms with E-state index >= 15 is 0 Å². The summed E-state index contributed by atoms with van der Waals surface area (Å²) in [7, 11) is 1.65. The van der Waals surface area contributed by atoms with Crippen molar-refractivity contribution in [3.05, 3.63) is 66.2 Å². The molecule has 4 aromatic rings. The van der Waals surface area contributed by atoms with Crippen LogP contribution >= 0.6 is 11.7 Å². The van der Waals surface area contributed by atoms with E-state index in [0.29, 0.717) is 5.56 Å². The Labute approximate surface area is 154 Å². The van der Waals surface area contributed by atoms with E-state index in [-0.39, 0.29) is 0 Å². The van der Waals surface area contributed by atoms with E-state index in [9.17, 15) is 0 Å². The third kappa shape index (κ3) is 2.96. The molecule has 1 heterocycles. The highest BCUT2D eigenvalue weighted by Crippen LogP contribution is 2.34. The summed E-state index contributed by atoms with van der Waals surface area (Å²) in [6, 6.07) is 21.4. The van der Waals surface area contributed by atoms with Crippen molar-refractivity contribution in [1.82, 2.24) is 8.75 Å². The van der Waals surface area contributed by atoms with Gasteiger partial charge in [-0.25, -0.2) is 0 Å². The Morgan fingerprint density at radius 2 is 1.65 bits per heavy atom. The summed E-state index contributed by atoms with van der Waals surface area (Å²) in [4.78, 5) is 0. The first-order valence-electron chi connectivity index (χ1n) is 7.95. The number of anilines is 2. The highest BCUT2D eigenvalue weighted by Gasteiger charge is 2.12. The molecule has 3 aromatic carbocycles. The van der Waals surface area contributed by atoms with Crippen molar-refractivity contribution in [3.8, 4) is 22.9 Å². The van der Waals surface area contributed by atoms with E-state index in [1.54, 1.807) is 19.2 Å². The zero-order valence-electron chi connectivity index (χ0n) is 13.9. The summed E-state index contributed by atoms with van der Waals surface area (Å²) in [5.41, 5.74) is 6.19. The lowest BCUT2D eigenvalue weighted by Gasteiger charge is -2.10. The van der Waals surface area contributed by atoms with Gasteiger partial charge in [-0.1, -0.05) is 12.1 Å². The molecule has 1 aromatic heterocycles. The van der Waals surface area contributed by atoms with Crippen LogP contribution in [0.3, 0.4) is 0 Å². The second-order valence-electron chi connectivity index (χ2n) is 5.66. The summed E-state index contributed by atoms with van der Waals surface area (Å²) < 4.78 is 14.2. The Balaban J connectivity index is 1.72. The van der Waals surface area contributed by atoms with Gasteiger partial charge < -0.3 is 10.1 Å². The van der Waals surface area contributed by atoms with Gasteiger partial charge in [0.05, 0.1) is 36.2 Å². The largest absolute Gasteiger partial charge is 0.497 e. The zero-order chi connectivity index (χ0) is 17.9. The van der Waals surface area contributed by atoms with Gasteiger partial charge in [-0.15, -0.1) is 0 Å². The van der Waals surface area contributed by atoms with Gasteiger partial charge in [0.15, 0.2) is 0 Å². The van der Waals surface area contributed by atoms with E-state index in [2.05, 4.69) is 20.1 Å². The molecule has 0 atom stereocenters. The number of nitrogens with zero attached hydrogens (tertiary/aromatic N) is 3. The molecule has 0 unspecified atom stereocenters. The van der Waals surface area contributed by atoms with Gasteiger partial charge in [0, 0.05) is 11.3 Å². The second-order valence-corrected chi connectivity index (χ2v) is 6.19.